The van der Waals surface area contributed by atoms with E-state index in [4.69, 9.17) is 5.73 Å². The van der Waals surface area contributed by atoms with Crippen LogP contribution in [0.15, 0.2) is 6.07 Å². The minimum Gasteiger partial charge on any atom is -0.384 e. The molecule has 0 unspecified atom stereocenters. The van der Waals surface area contributed by atoms with E-state index in [-0.39, 0.29) is 0 Å². The summed E-state index contributed by atoms with van der Waals surface area (Å²) in [5.74, 6) is 0.726. The van der Waals surface area contributed by atoms with Gasteiger partial charge < -0.3 is 10.6 Å². The van der Waals surface area contributed by atoms with Crippen molar-refractivity contribution in [2.24, 2.45) is 7.05 Å². The summed E-state index contributed by atoms with van der Waals surface area (Å²) >= 11 is 0. The van der Waals surface area contributed by atoms with E-state index in [1.165, 1.54) is 0 Å². The van der Waals surface area contributed by atoms with E-state index in [9.17, 15) is 0 Å². The van der Waals surface area contributed by atoms with Crippen LogP contribution in [0.1, 0.15) is 5.69 Å². The first-order valence-electron chi connectivity index (χ1n) is 4.02. The van der Waals surface area contributed by atoms with Crippen molar-refractivity contribution in [2.45, 2.75) is 6.42 Å². The van der Waals surface area contributed by atoms with Crippen molar-refractivity contribution in [2.75, 3.05) is 26.4 Å². The average Bonchev–Trinajstić information content (AvgIpc) is 2.28. The van der Waals surface area contributed by atoms with E-state index in [2.05, 4.69) is 10.00 Å². The Hall–Kier alpha value is -1.03. The summed E-state index contributed by atoms with van der Waals surface area (Å²) in [6, 6.07) is 1.92. The highest BCUT2D eigenvalue weighted by Gasteiger charge is 2.01. The molecule has 1 aromatic rings. The van der Waals surface area contributed by atoms with Crippen LogP contribution in [0.5, 0.6) is 0 Å². The fourth-order valence-electron chi connectivity index (χ4n) is 1.00. The molecular formula is C8H16N4. The van der Waals surface area contributed by atoms with Crippen LogP contribution in [0.3, 0.4) is 0 Å². The van der Waals surface area contributed by atoms with Crippen molar-refractivity contribution < 1.29 is 0 Å². The highest BCUT2D eigenvalue weighted by atomic mass is 15.3. The van der Waals surface area contributed by atoms with Gasteiger partial charge in [-0.1, -0.05) is 0 Å². The quantitative estimate of drug-likeness (QED) is 0.696. The minimum atomic E-state index is 0.726. The lowest BCUT2D eigenvalue weighted by Gasteiger charge is -2.06. The SMILES string of the molecule is CN(C)CCc1cc(N)n(C)n1. The maximum Gasteiger partial charge on any atom is 0.121 e. The molecular weight excluding hydrogens is 152 g/mol. The summed E-state index contributed by atoms with van der Waals surface area (Å²) in [6.45, 7) is 1.01. The molecule has 0 fully saturated rings. The molecule has 1 aromatic heterocycles. The van der Waals surface area contributed by atoms with Crippen molar-refractivity contribution in [3.05, 3.63) is 11.8 Å². The van der Waals surface area contributed by atoms with E-state index in [0.29, 0.717) is 0 Å². The highest BCUT2D eigenvalue weighted by molar-refractivity contribution is 5.30. The van der Waals surface area contributed by atoms with Crippen LogP contribution in [0.2, 0.25) is 0 Å². The molecule has 0 aliphatic heterocycles. The maximum absolute atomic E-state index is 5.63. The first-order valence-corrected chi connectivity index (χ1v) is 4.02. The lowest BCUT2D eigenvalue weighted by atomic mass is 10.3. The molecule has 0 aromatic carbocycles. The van der Waals surface area contributed by atoms with E-state index < -0.39 is 0 Å². The summed E-state index contributed by atoms with van der Waals surface area (Å²) < 4.78 is 1.70. The van der Waals surface area contributed by atoms with E-state index in [1.807, 2.05) is 27.2 Å². The molecule has 4 heteroatoms. The maximum atomic E-state index is 5.63. The van der Waals surface area contributed by atoms with Gasteiger partial charge in [0.1, 0.15) is 5.82 Å². The van der Waals surface area contributed by atoms with Crippen molar-refractivity contribution in [3.8, 4) is 0 Å². The summed E-state index contributed by atoms with van der Waals surface area (Å²) in [5.41, 5.74) is 6.69. The molecule has 0 saturated carbocycles. The standard InChI is InChI=1S/C8H16N4/c1-11(2)5-4-7-6-8(9)12(3)10-7/h6H,4-5,9H2,1-3H3. The Bertz CT molecular complexity index is 232. The molecule has 2 N–H and O–H groups in total. The molecule has 1 heterocycles. The molecule has 0 atom stereocenters. The predicted octanol–water partition coefficient (Wildman–Crippen LogP) is 0.106. The van der Waals surface area contributed by atoms with Gasteiger partial charge >= 0.3 is 0 Å². The Balaban J connectivity index is 2.53. The number of anilines is 1. The topological polar surface area (TPSA) is 47.1 Å². The van der Waals surface area contributed by atoms with Gasteiger partial charge in [-0.15, -0.1) is 0 Å². The van der Waals surface area contributed by atoms with Gasteiger partial charge in [-0.25, -0.2) is 0 Å². The monoisotopic (exact) mass is 168 g/mol. The summed E-state index contributed by atoms with van der Waals surface area (Å²) in [5, 5.41) is 4.25. The Kier molecular flexibility index (Phi) is 2.70. The van der Waals surface area contributed by atoms with Gasteiger partial charge in [-0.05, 0) is 14.1 Å². The van der Waals surface area contributed by atoms with Crippen LogP contribution in [0.25, 0.3) is 0 Å². The van der Waals surface area contributed by atoms with E-state index in [1.54, 1.807) is 4.68 Å². The number of nitrogen functional groups attached to an aromatic ring is 1. The number of likely N-dealkylation sites (N-methyl/N-ethyl adjacent to an activating group) is 1. The Morgan fingerprint density at radius 3 is 2.67 bits per heavy atom. The van der Waals surface area contributed by atoms with Crippen LogP contribution in [-0.4, -0.2) is 35.3 Å². The number of hydrogen-bond acceptors (Lipinski definition) is 3. The predicted molar refractivity (Wildman–Crippen MR) is 49.9 cm³/mol. The number of nitrogens with two attached hydrogens (primary N) is 1. The van der Waals surface area contributed by atoms with Crippen LogP contribution in [-0.2, 0) is 13.5 Å². The molecule has 0 radical (unpaired) electrons. The fourth-order valence-corrected chi connectivity index (χ4v) is 1.00. The number of nitrogens with zero attached hydrogens (tertiary/aromatic N) is 3. The lowest BCUT2D eigenvalue weighted by Crippen LogP contribution is -2.15. The molecule has 68 valence electrons. The Morgan fingerprint density at radius 1 is 1.58 bits per heavy atom. The number of hydrogen-bond donors (Lipinski definition) is 1. The van der Waals surface area contributed by atoms with Gasteiger partial charge in [-0.2, -0.15) is 5.10 Å². The van der Waals surface area contributed by atoms with Crippen molar-refractivity contribution in [1.82, 2.24) is 14.7 Å². The number of aryl methyl sites for hydroxylation is 1. The van der Waals surface area contributed by atoms with Crippen LogP contribution >= 0.6 is 0 Å². The summed E-state index contributed by atoms with van der Waals surface area (Å²) in [4.78, 5) is 2.13. The van der Waals surface area contributed by atoms with Crippen LogP contribution in [0, 0.1) is 0 Å². The number of aromatic nitrogens is 2. The first-order chi connectivity index (χ1) is 5.59. The smallest absolute Gasteiger partial charge is 0.121 e. The summed E-state index contributed by atoms with van der Waals surface area (Å²) in [7, 11) is 5.95. The fraction of sp³-hybridized carbons (Fsp3) is 0.625. The molecule has 0 saturated heterocycles. The van der Waals surface area contributed by atoms with Crippen molar-refractivity contribution >= 4 is 5.82 Å². The zero-order valence-corrected chi connectivity index (χ0v) is 7.91. The minimum absolute atomic E-state index is 0.726. The van der Waals surface area contributed by atoms with Gasteiger partial charge in [0.25, 0.3) is 0 Å². The normalized spacial score (nSPS) is 11.0. The van der Waals surface area contributed by atoms with Gasteiger partial charge in [-0.3, -0.25) is 4.68 Å². The summed E-state index contributed by atoms with van der Waals surface area (Å²) in [6.07, 6.45) is 0.956. The third kappa shape index (κ3) is 2.23. The molecule has 4 nitrogen and oxygen atoms in total. The molecule has 0 bridgehead atoms. The van der Waals surface area contributed by atoms with Crippen molar-refractivity contribution in [3.63, 3.8) is 0 Å². The third-order valence-corrected chi connectivity index (χ3v) is 1.78. The van der Waals surface area contributed by atoms with Gasteiger partial charge in [0.15, 0.2) is 0 Å². The Morgan fingerprint density at radius 2 is 2.25 bits per heavy atom. The van der Waals surface area contributed by atoms with E-state index in [0.717, 1.165) is 24.5 Å². The lowest BCUT2D eigenvalue weighted by molar-refractivity contribution is 0.411. The van der Waals surface area contributed by atoms with Crippen LogP contribution < -0.4 is 5.73 Å². The van der Waals surface area contributed by atoms with Gasteiger partial charge in [0.05, 0.1) is 5.69 Å². The molecule has 0 spiro atoms. The second kappa shape index (κ2) is 3.58. The Labute approximate surface area is 73.0 Å². The van der Waals surface area contributed by atoms with Gasteiger partial charge in [0.2, 0.25) is 0 Å². The third-order valence-electron chi connectivity index (χ3n) is 1.78. The molecule has 0 amide bonds. The second-order valence-corrected chi connectivity index (χ2v) is 3.24. The molecule has 0 aliphatic carbocycles. The molecule has 1 rings (SSSR count). The zero-order valence-electron chi connectivity index (χ0n) is 7.91. The molecule has 12 heavy (non-hydrogen) atoms. The average molecular weight is 168 g/mol. The highest BCUT2D eigenvalue weighted by Crippen LogP contribution is 2.04. The second-order valence-electron chi connectivity index (χ2n) is 3.24. The zero-order chi connectivity index (χ0) is 9.14. The first kappa shape index (κ1) is 9.06. The molecule has 0 aliphatic rings. The van der Waals surface area contributed by atoms with Gasteiger partial charge in [0, 0.05) is 26.1 Å². The van der Waals surface area contributed by atoms with E-state index >= 15 is 0 Å². The van der Waals surface area contributed by atoms with Crippen LogP contribution in [0.4, 0.5) is 5.82 Å². The van der Waals surface area contributed by atoms with Crippen molar-refractivity contribution in [1.29, 1.82) is 0 Å². The number of rotatable bonds is 3. The largest absolute Gasteiger partial charge is 0.384 e.